The molecule has 0 unspecified atom stereocenters. The fourth-order valence-electron chi connectivity index (χ4n) is 5.25. The Hall–Kier alpha value is -3.44. The maximum Gasteiger partial charge on any atom is 0.237 e. The van der Waals surface area contributed by atoms with Gasteiger partial charge in [0.25, 0.3) is 0 Å². The summed E-state index contributed by atoms with van der Waals surface area (Å²) in [6.07, 6.45) is 1.43. The molecular weight excluding hydrogens is 388 g/mol. The van der Waals surface area contributed by atoms with E-state index in [1.54, 1.807) is 7.11 Å². The highest BCUT2D eigenvalue weighted by Crippen LogP contribution is 2.57. The van der Waals surface area contributed by atoms with Gasteiger partial charge in [-0.3, -0.25) is 9.69 Å². The van der Waals surface area contributed by atoms with Gasteiger partial charge in [-0.05, 0) is 29.2 Å². The third kappa shape index (κ3) is 3.04. The summed E-state index contributed by atoms with van der Waals surface area (Å²) >= 11 is 0. The van der Waals surface area contributed by atoms with E-state index in [9.17, 15) is 9.59 Å². The number of carbonyl (C=O) groups excluding carboxylic acids is 2. The van der Waals surface area contributed by atoms with Crippen LogP contribution in [0.1, 0.15) is 29.2 Å². The van der Waals surface area contributed by atoms with Crippen LogP contribution in [0.2, 0.25) is 0 Å². The minimum Gasteiger partial charge on any atom is -0.497 e. The Labute approximate surface area is 181 Å². The fourth-order valence-corrected chi connectivity index (χ4v) is 5.25. The molecule has 0 aliphatic carbocycles. The predicted molar refractivity (Wildman–Crippen MR) is 119 cm³/mol. The molecule has 1 N–H and O–H groups in total. The number of methoxy groups -OCH3 is 1. The van der Waals surface area contributed by atoms with Crippen LogP contribution in [0.4, 0.5) is 5.69 Å². The lowest BCUT2D eigenvalue weighted by Gasteiger charge is -2.35. The van der Waals surface area contributed by atoms with E-state index in [2.05, 4.69) is 22.3 Å². The number of anilines is 1. The molecule has 2 aliphatic heterocycles. The molecular formula is C26H24N2O3. The molecule has 0 radical (unpaired) electrons. The zero-order valence-corrected chi connectivity index (χ0v) is 17.3. The Bertz CT molecular complexity index is 1120. The highest BCUT2D eigenvalue weighted by Gasteiger charge is 2.61. The second kappa shape index (κ2) is 7.67. The number of benzene rings is 3. The Morgan fingerprint density at radius 3 is 2.45 bits per heavy atom. The number of fused-ring (bicyclic) bond motifs is 2. The summed E-state index contributed by atoms with van der Waals surface area (Å²) in [5.41, 5.74) is 2.98. The maximum absolute atomic E-state index is 13.6. The molecule has 5 rings (SSSR count). The number of amides is 1. The van der Waals surface area contributed by atoms with Crippen molar-refractivity contribution >= 4 is 17.9 Å². The minimum atomic E-state index is -0.844. The molecule has 2 heterocycles. The SMILES string of the molecule is COc1ccc2c(c1)NC(=O)[C@@]21C[C@@H](C=O)N(Cc2ccccc2)[C@H]1c1ccccc1. The molecule has 0 bridgehead atoms. The zero-order chi connectivity index (χ0) is 21.4. The number of nitrogens with one attached hydrogen (secondary N) is 1. The van der Waals surface area contributed by atoms with Crippen LogP contribution in [-0.2, 0) is 21.5 Å². The molecule has 3 atom stereocenters. The van der Waals surface area contributed by atoms with Crippen LogP contribution in [0, 0.1) is 0 Å². The Morgan fingerprint density at radius 1 is 1.06 bits per heavy atom. The normalized spacial score (nSPS) is 24.7. The average Bonchev–Trinajstić information content (AvgIpc) is 3.29. The molecule has 1 fully saturated rings. The van der Waals surface area contributed by atoms with Gasteiger partial charge in [0, 0.05) is 18.3 Å². The van der Waals surface area contributed by atoms with Gasteiger partial charge in [-0.2, -0.15) is 0 Å². The highest BCUT2D eigenvalue weighted by atomic mass is 16.5. The molecule has 3 aromatic carbocycles. The maximum atomic E-state index is 13.6. The monoisotopic (exact) mass is 412 g/mol. The fraction of sp³-hybridized carbons (Fsp3) is 0.231. The van der Waals surface area contributed by atoms with E-state index in [0.29, 0.717) is 18.7 Å². The van der Waals surface area contributed by atoms with Crippen molar-refractivity contribution in [2.75, 3.05) is 12.4 Å². The summed E-state index contributed by atoms with van der Waals surface area (Å²) in [6.45, 7) is 0.588. The third-order valence-electron chi connectivity index (χ3n) is 6.60. The van der Waals surface area contributed by atoms with Crippen molar-refractivity contribution in [1.29, 1.82) is 0 Å². The van der Waals surface area contributed by atoms with Crippen LogP contribution in [0.25, 0.3) is 0 Å². The molecule has 0 saturated carbocycles. The van der Waals surface area contributed by atoms with E-state index in [1.807, 2.05) is 66.7 Å². The topological polar surface area (TPSA) is 58.6 Å². The van der Waals surface area contributed by atoms with Crippen molar-refractivity contribution in [1.82, 2.24) is 4.90 Å². The number of likely N-dealkylation sites (tertiary alicyclic amines) is 1. The van der Waals surface area contributed by atoms with Crippen molar-refractivity contribution in [3.63, 3.8) is 0 Å². The standard InChI is InChI=1S/C26H24N2O3/c1-31-21-12-13-22-23(14-21)27-25(30)26(22)15-20(17-29)28(16-18-8-4-2-5-9-18)24(26)19-10-6-3-7-11-19/h2-14,17,20,24H,15-16H2,1H3,(H,27,30)/t20-,24-,26-/m0/s1. The first kappa shape index (κ1) is 19.5. The van der Waals surface area contributed by atoms with Crippen LogP contribution >= 0.6 is 0 Å². The predicted octanol–water partition coefficient (Wildman–Crippen LogP) is 4.10. The van der Waals surface area contributed by atoms with Crippen LogP contribution in [-0.4, -0.2) is 30.2 Å². The van der Waals surface area contributed by atoms with E-state index < -0.39 is 5.41 Å². The summed E-state index contributed by atoms with van der Waals surface area (Å²) in [4.78, 5) is 28.0. The lowest BCUT2D eigenvalue weighted by atomic mass is 9.72. The van der Waals surface area contributed by atoms with Crippen molar-refractivity contribution in [2.24, 2.45) is 0 Å². The molecule has 3 aromatic rings. The lowest BCUT2D eigenvalue weighted by molar-refractivity contribution is -0.121. The molecule has 1 amide bonds. The quantitative estimate of drug-likeness (QED) is 0.641. The summed E-state index contributed by atoms with van der Waals surface area (Å²) in [6, 6.07) is 25.2. The van der Waals surface area contributed by atoms with Crippen molar-refractivity contribution in [3.05, 3.63) is 95.6 Å². The van der Waals surface area contributed by atoms with Gasteiger partial charge in [0.05, 0.1) is 24.6 Å². The van der Waals surface area contributed by atoms with E-state index >= 15 is 0 Å². The van der Waals surface area contributed by atoms with E-state index in [1.165, 1.54) is 0 Å². The summed E-state index contributed by atoms with van der Waals surface area (Å²) < 4.78 is 5.36. The Balaban J connectivity index is 1.68. The summed E-state index contributed by atoms with van der Waals surface area (Å²) in [7, 11) is 1.61. The van der Waals surface area contributed by atoms with Crippen molar-refractivity contribution in [2.45, 2.75) is 30.5 Å². The first-order chi connectivity index (χ1) is 15.2. The lowest BCUT2D eigenvalue weighted by Crippen LogP contribution is -2.41. The number of hydrogen-bond acceptors (Lipinski definition) is 4. The van der Waals surface area contributed by atoms with Gasteiger partial charge in [-0.25, -0.2) is 0 Å². The second-order valence-corrected chi connectivity index (χ2v) is 8.22. The van der Waals surface area contributed by atoms with Crippen LogP contribution < -0.4 is 10.1 Å². The van der Waals surface area contributed by atoms with E-state index in [-0.39, 0.29) is 18.0 Å². The average molecular weight is 412 g/mol. The van der Waals surface area contributed by atoms with Gasteiger partial charge in [0.2, 0.25) is 5.91 Å². The molecule has 156 valence electrons. The van der Waals surface area contributed by atoms with Gasteiger partial charge in [-0.15, -0.1) is 0 Å². The smallest absolute Gasteiger partial charge is 0.237 e. The molecule has 1 spiro atoms. The van der Waals surface area contributed by atoms with Crippen LogP contribution in [0.3, 0.4) is 0 Å². The first-order valence-electron chi connectivity index (χ1n) is 10.5. The van der Waals surface area contributed by atoms with E-state index in [4.69, 9.17) is 4.74 Å². The minimum absolute atomic E-state index is 0.0629. The van der Waals surface area contributed by atoms with Crippen LogP contribution in [0.5, 0.6) is 5.75 Å². The zero-order valence-electron chi connectivity index (χ0n) is 17.3. The number of ether oxygens (including phenoxy) is 1. The molecule has 1 saturated heterocycles. The largest absolute Gasteiger partial charge is 0.497 e. The van der Waals surface area contributed by atoms with Crippen molar-refractivity contribution < 1.29 is 14.3 Å². The summed E-state index contributed by atoms with van der Waals surface area (Å²) in [5.74, 6) is 0.630. The number of carbonyl (C=O) groups is 2. The number of nitrogens with zero attached hydrogens (tertiary/aromatic N) is 1. The molecule has 0 aromatic heterocycles. The number of hydrogen-bond donors (Lipinski definition) is 1. The molecule has 31 heavy (non-hydrogen) atoms. The third-order valence-corrected chi connectivity index (χ3v) is 6.60. The molecule has 5 heteroatoms. The Kier molecular flexibility index (Phi) is 4.83. The molecule has 5 nitrogen and oxygen atoms in total. The number of rotatable bonds is 5. The number of aldehydes is 1. The van der Waals surface area contributed by atoms with Gasteiger partial charge in [0.1, 0.15) is 12.0 Å². The first-order valence-corrected chi connectivity index (χ1v) is 10.5. The van der Waals surface area contributed by atoms with Crippen LogP contribution in [0.15, 0.2) is 78.9 Å². The van der Waals surface area contributed by atoms with Gasteiger partial charge >= 0.3 is 0 Å². The molecule has 2 aliphatic rings. The van der Waals surface area contributed by atoms with Gasteiger partial charge < -0.3 is 14.8 Å². The van der Waals surface area contributed by atoms with E-state index in [0.717, 1.165) is 28.7 Å². The van der Waals surface area contributed by atoms with Gasteiger partial charge in [0.15, 0.2) is 0 Å². The second-order valence-electron chi connectivity index (χ2n) is 8.22. The van der Waals surface area contributed by atoms with Gasteiger partial charge in [-0.1, -0.05) is 66.7 Å². The highest BCUT2D eigenvalue weighted by molar-refractivity contribution is 6.08. The van der Waals surface area contributed by atoms with Crippen molar-refractivity contribution in [3.8, 4) is 5.75 Å². The summed E-state index contributed by atoms with van der Waals surface area (Å²) in [5, 5.41) is 3.07. The Morgan fingerprint density at radius 2 is 1.77 bits per heavy atom.